The summed E-state index contributed by atoms with van der Waals surface area (Å²) in [5.41, 5.74) is 2.07. The Morgan fingerprint density at radius 2 is 1.76 bits per heavy atom. The summed E-state index contributed by atoms with van der Waals surface area (Å²) in [5, 5.41) is 4.95. The molecule has 0 amide bonds. The Balaban J connectivity index is 2.27. The molecule has 0 spiro atoms. The van der Waals surface area contributed by atoms with E-state index in [-0.39, 0.29) is 5.75 Å². The average Bonchev–Trinajstić information content (AvgIpc) is 2.64. The Hall–Kier alpha value is -1.59. The van der Waals surface area contributed by atoms with Crippen LogP contribution in [0.15, 0.2) is 40.8 Å². The second-order valence-electron chi connectivity index (χ2n) is 3.94. The first-order valence-electron chi connectivity index (χ1n) is 5.10. The van der Waals surface area contributed by atoms with Crippen molar-refractivity contribution >= 4 is 10.0 Å². The van der Waals surface area contributed by atoms with Crippen molar-refractivity contribution in [2.75, 3.05) is 0 Å². The fraction of sp³-hybridized carbons (Fsp3) is 0.167. The van der Waals surface area contributed by atoms with Crippen LogP contribution in [0.1, 0.15) is 11.3 Å². The standard InChI is InChI=1S/C12H13NO3S/c1-9-2-4-10(5-3-9)12-7-6-11(16-12)8-17(13,14)15/h2-7H,8H2,1H3,(H2,13,14,15). The lowest BCUT2D eigenvalue weighted by Gasteiger charge is -1.98. The molecule has 1 heterocycles. The second kappa shape index (κ2) is 4.35. The van der Waals surface area contributed by atoms with Gasteiger partial charge in [-0.25, -0.2) is 13.6 Å². The summed E-state index contributed by atoms with van der Waals surface area (Å²) < 4.78 is 27.2. The Morgan fingerprint density at radius 1 is 1.12 bits per heavy atom. The molecule has 17 heavy (non-hydrogen) atoms. The van der Waals surface area contributed by atoms with E-state index in [1.165, 1.54) is 0 Å². The summed E-state index contributed by atoms with van der Waals surface area (Å²) in [6.45, 7) is 2.00. The minimum atomic E-state index is -3.55. The number of furan rings is 1. The van der Waals surface area contributed by atoms with Crippen LogP contribution in [-0.2, 0) is 15.8 Å². The van der Waals surface area contributed by atoms with E-state index in [2.05, 4.69) is 0 Å². The van der Waals surface area contributed by atoms with Gasteiger partial charge in [0.2, 0.25) is 10.0 Å². The van der Waals surface area contributed by atoms with Crippen LogP contribution in [-0.4, -0.2) is 8.42 Å². The molecule has 0 saturated carbocycles. The van der Waals surface area contributed by atoms with Crippen molar-refractivity contribution < 1.29 is 12.8 Å². The van der Waals surface area contributed by atoms with Crippen molar-refractivity contribution in [3.05, 3.63) is 47.7 Å². The lowest BCUT2D eigenvalue weighted by molar-refractivity contribution is 0.533. The molecule has 90 valence electrons. The monoisotopic (exact) mass is 251 g/mol. The lowest BCUT2D eigenvalue weighted by atomic mass is 10.1. The van der Waals surface area contributed by atoms with Crippen molar-refractivity contribution in [3.8, 4) is 11.3 Å². The van der Waals surface area contributed by atoms with Gasteiger partial charge in [-0.3, -0.25) is 0 Å². The topological polar surface area (TPSA) is 73.3 Å². The molecule has 0 unspecified atom stereocenters. The number of primary sulfonamides is 1. The molecule has 0 atom stereocenters. The van der Waals surface area contributed by atoms with Crippen molar-refractivity contribution in [2.24, 2.45) is 5.14 Å². The van der Waals surface area contributed by atoms with E-state index in [0.29, 0.717) is 11.5 Å². The predicted molar refractivity (Wildman–Crippen MR) is 65.7 cm³/mol. The highest BCUT2D eigenvalue weighted by atomic mass is 32.2. The first-order chi connectivity index (χ1) is 7.94. The van der Waals surface area contributed by atoms with Gasteiger partial charge in [-0.1, -0.05) is 29.8 Å². The number of hydrogen-bond donors (Lipinski definition) is 1. The SMILES string of the molecule is Cc1ccc(-c2ccc(CS(N)(=O)=O)o2)cc1. The number of aryl methyl sites for hydroxylation is 1. The van der Waals surface area contributed by atoms with Crippen molar-refractivity contribution in [2.45, 2.75) is 12.7 Å². The van der Waals surface area contributed by atoms with Gasteiger partial charge in [-0.15, -0.1) is 0 Å². The highest BCUT2D eigenvalue weighted by Crippen LogP contribution is 2.23. The Morgan fingerprint density at radius 3 is 2.35 bits per heavy atom. The van der Waals surface area contributed by atoms with Gasteiger partial charge >= 0.3 is 0 Å². The fourth-order valence-corrected chi connectivity index (χ4v) is 2.08. The molecule has 0 aliphatic rings. The molecule has 2 aromatic rings. The molecule has 5 heteroatoms. The maximum absolute atomic E-state index is 10.9. The number of benzene rings is 1. The summed E-state index contributed by atoms with van der Waals surface area (Å²) in [7, 11) is -3.55. The van der Waals surface area contributed by atoms with Crippen molar-refractivity contribution in [3.63, 3.8) is 0 Å². The summed E-state index contributed by atoms with van der Waals surface area (Å²) in [6, 6.07) is 11.2. The van der Waals surface area contributed by atoms with Crippen LogP contribution >= 0.6 is 0 Å². The average molecular weight is 251 g/mol. The molecule has 0 fully saturated rings. The number of hydrogen-bond acceptors (Lipinski definition) is 3. The predicted octanol–water partition coefficient (Wildman–Crippen LogP) is 2.04. The fourth-order valence-electron chi connectivity index (χ4n) is 1.53. The zero-order valence-electron chi connectivity index (χ0n) is 9.38. The number of rotatable bonds is 3. The van der Waals surface area contributed by atoms with Gasteiger partial charge in [0.15, 0.2) is 0 Å². The molecule has 2 N–H and O–H groups in total. The van der Waals surface area contributed by atoms with Crippen LogP contribution in [0.4, 0.5) is 0 Å². The first-order valence-corrected chi connectivity index (χ1v) is 6.82. The van der Waals surface area contributed by atoms with Gasteiger partial charge in [-0.2, -0.15) is 0 Å². The molecule has 0 aliphatic carbocycles. The molecule has 0 saturated heterocycles. The van der Waals surface area contributed by atoms with E-state index in [1.54, 1.807) is 12.1 Å². The van der Waals surface area contributed by atoms with Gasteiger partial charge < -0.3 is 4.42 Å². The van der Waals surface area contributed by atoms with Crippen LogP contribution in [0, 0.1) is 6.92 Å². The van der Waals surface area contributed by atoms with Crippen molar-refractivity contribution in [1.82, 2.24) is 0 Å². The van der Waals surface area contributed by atoms with Crippen LogP contribution in [0.5, 0.6) is 0 Å². The maximum Gasteiger partial charge on any atom is 0.216 e. The van der Waals surface area contributed by atoms with Gasteiger partial charge in [0.1, 0.15) is 17.3 Å². The third-order valence-corrected chi connectivity index (χ3v) is 3.03. The largest absolute Gasteiger partial charge is 0.460 e. The Labute approximate surface area is 100 Å². The van der Waals surface area contributed by atoms with Crippen LogP contribution < -0.4 is 5.14 Å². The molecule has 0 radical (unpaired) electrons. The molecular formula is C12H13NO3S. The van der Waals surface area contributed by atoms with Crippen LogP contribution in [0.2, 0.25) is 0 Å². The van der Waals surface area contributed by atoms with Gasteiger partial charge in [0.05, 0.1) is 0 Å². The molecule has 4 nitrogen and oxygen atoms in total. The van der Waals surface area contributed by atoms with Crippen LogP contribution in [0.3, 0.4) is 0 Å². The van der Waals surface area contributed by atoms with Gasteiger partial charge in [0.25, 0.3) is 0 Å². The first kappa shape index (κ1) is 11.9. The molecular weight excluding hydrogens is 238 g/mol. The normalized spacial score (nSPS) is 11.6. The second-order valence-corrected chi connectivity index (χ2v) is 5.55. The molecule has 0 aliphatic heterocycles. The highest BCUT2D eigenvalue weighted by molar-refractivity contribution is 7.88. The van der Waals surface area contributed by atoms with E-state index in [4.69, 9.17) is 9.56 Å². The van der Waals surface area contributed by atoms with Gasteiger partial charge in [0, 0.05) is 5.56 Å². The molecule has 0 bridgehead atoms. The molecule has 2 rings (SSSR count). The van der Waals surface area contributed by atoms with E-state index in [0.717, 1.165) is 11.1 Å². The third-order valence-electron chi connectivity index (χ3n) is 2.34. The number of sulfonamides is 1. The molecule has 1 aromatic carbocycles. The van der Waals surface area contributed by atoms with Gasteiger partial charge in [-0.05, 0) is 19.1 Å². The third kappa shape index (κ3) is 3.18. The summed E-state index contributed by atoms with van der Waals surface area (Å²) in [5.74, 6) is 0.713. The van der Waals surface area contributed by atoms with E-state index >= 15 is 0 Å². The lowest BCUT2D eigenvalue weighted by Crippen LogP contribution is -2.13. The smallest absolute Gasteiger partial charge is 0.216 e. The highest BCUT2D eigenvalue weighted by Gasteiger charge is 2.10. The Kier molecular flexibility index (Phi) is 3.04. The van der Waals surface area contributed by atoms with Crippen LogP contribution in [0.25, 0.3) is 11.3 Å². The van der Waals surface area contributed by atoms with E-state index < -0.39 is 10.0 Å². The number of nitrogens with two attached hydrogens (primary N) is 1. The molecule has 1 aromatic heterocycles. The van der Waals surface area contributed by atoms with E-state index in [1.807, 2.05) is 31.2 Å². The quantitative estimate of drug-likeness (QED) is 0.907. The zero-order valence-corrected chi connectivity index (χ0v) is 10.2. The van der Waals surface area contributed by atoms with E-state index in [9.17, 15) is 8.42 Å². The maximum atomic E-state index is 10.9. The minimum Gasteiger partial charge on any atom is -0.460 e. The Bertz CT molecular complexity index is 611. The van der Waals surface area contributed by atoms with Crippen molar-refractivity contribution in [1.29, 1.82) is 0 Å². The summed E-state index contributed by atoms with van der Waals surface area (Å²) >= 11 is 0. The summed E-state index contributed by atoms with van der Waals surface area (Å²) in [4.78, 5) is 0. The zero-order chi connectivity index (χ0) is 12.5. The minimum absolute atomic E-state index is 0.279. The summed E-state index contributed by atoms with van der Waals surface area (Å²) in [6.07, 6.45) is 0.